The first kappa shape index (κ1) is 22.3. The van der Waals surface area contributed by atoms with E-state index >= 15 is 0 Å². The predicted molar refractivity (Wildman–Crippen MR) is 141 cm³/mol. The Balaban J connectivity index is 1.36. The van der Waals surface area contributed by atoms with Gasteiger partial charge in [-0.05, 0) is 54.7 Å². The Morgan fingerprint density at radius 1 is 1.06 bits per heavy atom. The molecule has 3 fully saturated rings. The summed E-state index contributed by atoms with van der Waals surface area (Å²) in [6.45, 7) is 9.43. The molecule has 4 heterocycles. The number of carbonyl (C=O) groups excluding carboxylic acids is 1. The van der Waals surface area contributed by atoms with E-state index in [1.807, 2.05) is 18.2 Å². The molecule has 0 unspecified atom stereocenters. The third-order valence-electron chi connectivity index (χ3n) is 9.03. The van der Waals surface area contributed by atoms with E-state index in [0.717, 1.165) is 86.4 Å². The standard InChI is InChI=1S/C29H34N4O3/c1-2-18-13-22-23(15-25(18)33-9-7-32(8-10-33)20-16-36-17-20)29(5-11-35-12-6-29)28-26(27(22)34)21-4-3-19(30)14-24(21)31-28/h3-4,13-15,20,31H,2,5-12,16-17,30H2,1H3. The molecule has 188 valence electrons. The van der Waals surface area contributed by atoms with Crippen molar-refractivity contribution in [2.24, 2.45) is 0 Å². The Bertz CT molecular complexity index is 1340. The summed E-state index contributed by atoms with van der Waals surface area (Å²) in [5, 5.41) is 0.971. The van der Waals surface area contributed by atoms with Crippen molar-refractivity contribution in [2.75, 3.05) is 63.2 Å². The van der Waals surface area contributed by atoms with Gasteiger partial charge in [0.15, 0.2) is 5.78 Å². The van der Waals surface area contributed by atoms with Crippen molar-refractivity contribution in [3.05, 3.63) is 58.3 Å². The zero-order chi connectivity index (χ0) is 24.4. The van der Waals surface area contributed by atoms with Gasteiger partial charge in [-0.3, -0.25) is 9.69 Å². The van der Waals surface area contributed by atoms with E-state index in [4.69, 9.17) is 15.2 Å². The highest BCUT2D eigenvalue weighted by Gasteiger charge is 2.47. The SMILES string of the molecule is CCc1cc2c(cc1N1CCN(C3COC3)CC1)C1(CCOCC1)c1[nH]c3cc(N)ccc3c1C2=O. The number of rotatable bonds is 3. The predicted octanol–water partition coefficient (Wildman–Crippen LogP) is 3.47. The summed E-state index contributed by atoms with van der Waals surface area (Å²) in [6, 6.07) is 11.0. The number of aromatic nitrogens is 1. The Morgan fingerprint density at radius 3 is 2.53 bits per heavy atom. The second-order valence-electron chi connectivity index (χ2n) is 10.8. The van der Waals surface area contributed by atoms with Crippen LogP contribution in [0.2, 0.25) is 0 Å². The molecule has 0 bridgehead atoms. The summed E-state index contributed by atoms with van der Waals surface area (Å²) < 4.78 is 11.3. The topological polar surface area (TPSA) is 83.8 Å². The van der Waals surface area contributed by atoms with Crippen LogP contribution in [0.15, 0.2) is 30.3 Å². The van der Waals surface area contributed by atoms with Gasteiger partial charge < -0.3 is 25.1 Å². The molecule has 3 aromatic rings. The quantitative estimate of drug-likeness (QED) is 0.552. The number of aromatic amines is 1. The average Bonchev–Trinajstić information content (AvgIpc) is 3.26. The molecule has 1 aliphatic carbocycles. The van der Waals surface area contributed by atoms with Gasteiger partial charge in [-0.25, -0.2) is 0 Å². The van der Waals surface area contributed by atoms with Crippen LogP contribution >= 0.6 is 0 Å². The van der Waals surface area contributed by atoms with Gasteiger partial charge in [0.1, 0.15) is 0 Å². The Labute approximate surface area is 211 Å². The van der Waals surface area contributed by atoms with Gasteiger partial charge in [0.25, 0.3) is 0 Å². The van der Waals surface area contributed by atoms with Gasteiger partial charge in [-0.2, -0.15) is 0 Å². The van der Waals surface area contributed by atoms with Crippen LogP contribution in [0.3, 0.4) is 0 Å². The molecule has 0 atom stereocenters. The summed E-state index contributed by atoms with van der Waals surface area (Å²) in [5.74, 6) is 0.129. The molecule has 0 radical (unpaired) electrons. The maximum atomic E-state index is 14.1. The fourth-order valence-corrected chi connectivity index (χ4v) is 6.87. The zero-order valence-electron chi connectivity index (χ0n) is 20.9. The summed E-state index contributed by atoms with van der Waals surface area (Å²) >= 11 is 0. The summed E-state index contributed by atoms with van der Waals surface area (Å²) in [4.78, 5) is 22.9. The van der Waals surface area contributed by atoms with Crippen molar-refractivity contribution >= 4 is 28.1 Å². The highest BCUT2D eigenvalue weighted by molar-refractivity contribution is 6.20. The fourth-order valence-electron chi connectivity index (χ4n) is 6.87. The molecule has 7 rings (SSSR count). The smallest absolute Gasteiger partial charge is 0.195 e. The number of hydrogen-bond acceptors (Lipinski definition) is 6. The molecule has 4 aliphatic rings. The van der Waals surface area contributed by atoms with Gasteiger partial charge in [0.2, 0.25) is 0 Å². The molecule has 0 amide bonds. The largest absolute Gasteiger partial charge is 0.399 e. The molecule has 7 nitrogen and oxygen atoms in total. The highest BCUT2D eigenvalue weighted by atomic mass is 16.5. The van der Waals surface area contributed by atoms with E-state index in [0.29, 0.717) is 24.9 Å². The summed E-state index contributed by atoms with van der Waals surface area (Å²) in [5.41, 5.74) is 14.0. The minimum Gasteiger partial charge on any atom is -0.399 e. The van der Waals surface area contributed by atoms with E-state index in [-0.39, 0.29) is 11.2 Å². The van der Waals surface area contributed by atoms with Crippen molar-refractivity contribution in [1.29, 1.82) is 0 Å². The summed E-state index contributed by atoms with van der Waals surface area (Å²) in [7, 11) is 0. The van der Waals surface area contributed by atoms with Crippen LogP contribution < -0.4 is 10.6 Å². The number of fused-ring (bicyclic) bond motifs is 6. The number of nitrogen functional groups attached to an aromatic ring is 1. The first-order valence-electron chi connectivity index (χ1n) is 13.4. The van der Waals surface area contributed by atoms with Crippen LogP contribution in [-0.2, 0) is 21.3 Å². The molecule has 1 spiro atoms. The lowest BCUT2D eigenvalue weighted by Gasteiger charge is -2.45. The third kappa shape index (κ3) is 3.19. The number of aryl methyl sites for hydroxylation is 1. The molecule has 7 heteroatoms. The minimum atomic E-state index is -0.253. The molecule has 0 saturated carbocycles. The van der Waals surface area contributed by atoms with Crippen LogP contribution in [0.1, 0.15) is 52.5 Å². The van der Waals surface area contributed by atoms with E-state index < -0.39 is 0 Å². The number of benzene rings is 2. The van der Waals surface area contributed by atoms with Crippen LogP contribution in [0.4, 0.5) is 11.4 Å². The second-order valence-corrected chi connectivity index (χ2v) is 10.8. The maximum Gasteiger partial charge on any atom is 0.195 e. The number of nitrogens with two attached hydrogens (primary N) is 1. The molecule has 36 heavy (non-hydrogen) atoms. The van der Waals surface area contributed by atoms with E-state index in [1.165, 1.54) is 16.8 Å². The molecular weight excluding hydrogens is 452 g/mol. The van der Waals surface area contributed by atoms with Gasteiger partial charge in [0.05, 0.1) is 24.8 Å². The lowest BCUT2D eigenvalue weighted by atomic mass is 9.64. The number of carbonyl (C=O) groups is 1. The van der Waals surface area contributed by atoms with Crippen LogP contribution in [0, 0.1) is 0 Å². The van der Waals surface area contributed by atoms with Gasteiger partial charge in [0, 0.05) is 78.3 Å². The van der Waals surface area contributed by atoms with Crippen molar-refractivity contribution in [1.82, 2.24) is 9.88 Å². The first-order chi connectivity index (χ1) is 17.6. The number of nitrogens with zero attached hydrogens (tertiary/aromatic N) is 2. The van der Waals surface area contributed by atoms with E-state index in [9.17, 15) is 4.79 Å². The van der Waals surface area contributed by atoms with E-state index in [1.54, 1.807) is 0 Å². The molecule has 3 saturated heterocycles. The first-order valence-corrected chi connectivity index (χ1v) is 13.4. The summed E-state index contributed by atoms with van der Waals surface area (Å²) in [6.07, 6.45) is 2.63. The fraction of sp³-hybridized carbons (Fsp3) is 0.483. The van der Waals surface area contributed by atoms with E-state index in [2.05, 4.69) is 33.8 Å². The van der Waals surface area contributed by atoms with Gasteiger partial charge >= 0.3 is 0 Å². The number of piperazine rings is 1. The van der Waals surface area contributed by atoms with Crippen molar-refractivity contribution < 1.29 is 14.3 Å². The maximum absolute atomic E-state index is 14.1. The molecular formula is C29H34N4O3. The molecule has 1 aromatic heterocycles. The van der Waals surface area contributed by atoms with Gasteiger partial charge in [-0.15, -0.1) is 0 Å². The number of hydrogen-bond donors (Lipinski definition) is 2. The second kappa shape index (κ2) is 8.33. The molecule has 3 aliphatic heterocycles. The Morgan fingerprint density at radius 2 is 1.83 bits per heavy atom. The number of ether oxygens (including phenoxy) is 2. The Kier molecular flexibility index (Phi) is 5.17. The number of ketones is 1. The van der Waals surface area contributed by atoms with Crippen LogP contribution in [0.25, 0.3) is 10.9 Å². The van der Waals surface area contributed by atoms with Gasteiger partial charge in [-0.1, -0.05) is 13.0 Å². The number of nitrogens with one attached hydrogen (secondary N) is 1. The van der Waals surface area contributed by atoms with Crippen LogP contribution in [-0.4, -0.2) is 74.3 Å². The van der Waals surface area contributed by atoms with Crippen molar-refractivity contribution in [2.45, 2.75) is 37.6 Å². The van der Waals surface area contributed by atoms with Crippen LogP contribution in [0.5, 0.6) is 0 Å². The zero-order valence-corrected chi connectivity index (χ0v) is 20.9. The molecule has 2 aromatic carbocycles. The Hall–Kier alpha value is -2.87. The minimum absolute atomic E-state index is 0.129. The normalized spacial score (nSPS) is 22.0. The lowest BCUT2D eigenvalue weighted by molar-refractivity contribution is -0.0660. The van der Waals surface area contributed by atoms with Crippen molar-refractivity contribution in [3.8, 4) is 0 Å². The number of H-pyrrole nitrogens is 1. The monoisotopic (exact) mass is 486 g/mol. The van der Waals surface area contributed by atoms with Crippen molar-refractivity contribution in [3.63, 3.8) is 0 Å². The molecule has 3 N–H and O–H groups in total. The number of anilines is 2. The third-order valence-corrected chi connectivity index (χ3v) is 9.03. The lowest BCUT2D eigenvalue weighted by Crippen LogP contribution is -2.56. The highest BCUT2D eigenvalue weighted by Crippen LogP contribution is 2.51. The average molecular weight is 487 g/mol.